The molecule has 0 radical (unpaired) electrons. The molecule has 2 unspecified atom stereocenters. The number of rotatable bonds is 2. The Hall–Kier alpha value is 2.51. The molecule has 0 spiro atoms. The van der Waals surface area contributed by atoms with Gasteiger partial charge in [-0.2, -0.15) is 4.89 Å². The number of hydrogen-bond acceptors (Lipinski definition) is 2. The molecule has 1 rings (SSSR count). The molecule has 0 aliphatic rings. The van der Waals surface area contributed by atoms with Crippen LogP contribution in [0.2, 0.25) is 0 Å². The van der Waals surface area contributed by atoms with Crippen molar-refractivity contribution in [1.82, 2.24) is 0 Å². The van der Waals surface area contributed by atoms with Crippen molar-refractivity contribution in [1.29, 1.82) is 0 Å². The van der Waals surface area contributed by atoms with Crippen LogP contribution in [0.3, 0.4) is 0 Å². The van der Waals surface area contributed by atoms with Crippen LogP contribution in [0.4, 0.5) is 0 Å². The van der Waals surface area contributed by atoms with E-state index in [1.54, 1.807) is 30.3 Å². The van der Waals surface area contributed by atoms with Crippen molar-refractivity contribution in [2.75, 3.05) is 0 Å². The molecule has 0 saturated heterocycles. The Bertz CT molecular complexity index is 260. The van der Waals surface area contributed by atoms with E-state index in [9.17, 15) is 4.57 Å². The van der Waals surface area contributed by atoms with Gasteiger partial charge in [0.15, 0.2) is 0 Å². The zero-order chi connectivity index (χ0) is 8.27. The second-order valence-corrected chi connectivity index (χ2v) is 3.18. The maximum absolute atomic E-state index is 10.4. The molecular weight excluding hydrogens is 241 g/mol. The molecule has 13 heavy (non-hydrogen) atoms. The first-order valence-electron chi connectivity index (χ1n) is 3.10. The quantitative estimate of drug-likeness (QED) is 0.411. The number of hydrogen-bond donors (Lipinski definition) is 2. The van der Waals surface area contributed by atoms with Crippen molar-refractivity contribution >= 4 is 8.03 Å². The zero-order valence-corrected chi connectivity index (χ0v) is 14.9. The van der Waals surface area contributed by atoms with Crippen LogP contribution in [0.15, 0.2) is 30.3 Å². The topological polar surface area (TPSA) is 57.5 Å². The Kier molecular flexibility index (Phi) is 13.4. The van der Waals surface area contributed by atoms with Crippen molar-refractivity contribution in [3.63, 3.8) is 0 Å². The summed E-state index contributed by atoms with van der Waals surface area (Å²) in [5, 5.41) is 9.06. The van der Waals surface area contributed by atoms with Gasteiger partial charge in [-0.05, 0) is 4.57 Å². The van der Waals surface area contributed by atoms with Gasteiger partial charge in [-0.1, -0.05) is 30.3 Å². The van der Waals surface area contributed by atoms with Gasteiger partial charge in [0.25, 0.3) is 0 Å². The number of benzene rings is 1. The fourth-order valence-corrected chi connectivity index (χ4v) is 1.18. The molecule has 3 nitrogen and oxygen atoms in total. The fraction of sp³-hybridized carbons (Fsp3) is 0.143. The minimum absolute atomic E-state index is 0. The van der Waals surface area contributed by atoms with E-state index >= 15 is 0 Å². The third kappa shape index (κ3) is 6.63. The molecule has 0 aliphatic carbocycles. The van der Waals surface area contributed by atoms with Gasteiger partial charge < -0.3 is 5.11 Å². The van der Waals surface area contributed by atoms with Crippen LogP contribution in [-0.2, 0) is 4.57 Å². The first-order valence-corrected chi connectivity index (χ1v) is 4.38. The largest absolute Gasteiger partial charge is 1.00 e. The minimum Gasteiger partial charge on any atom is -0.345 e. The molecule has 0 heterocycles. The molecule has 0 bridgehead atoms. The van der Waals surface area contributed by atoms with E-state index in [0.717, 1.165) is 0 Å². The van der Waals surface area contributed by atoms with Crippen LogP contribution in [-0.4, -0.2) is 10.00 Å². The molecule has 0 amide bonds. The Balaban J connectivity index is -0.000000403. The van der Waals surface area contributed by atoms with E-state index < -0.39 is 13.9 Å². The Morgan fingerprint density at radius 2 is 1.69 bits per heavy atom. The second-order valence-electron chi connectivity index (χ2n) is 2.09. The summed E-state index contributed by atoms with van der Waals surface area (Å²) in [5.41, 5.74) is 0.469. The van der Waals surface area contributed by atoms with Gasteiger partial charge in [-0.15, -0.1) is 0 Å². The van der Waals surface area contributed by atoms with E-state index in [0.29, 0.717) is 5.56 Å². The van der Waals surface area contributed by atoms with E-state index in [-0.39, 0.29) is 104 Å². The van der Waals surface area contributed by atoms with E-state index in [4.69, 9.17) is 10.00 Å². The summed E-state index contributed by atoms with van der Waals surface area (Å²) >= 11 is 0. The molecule has 1 aromatic rings. The van der Waals surface area contributed by atoms with Gasteiger partial charge in [0.2, 0.25) is 0 Å². The van der Waals surface area contributed by atoms with Crippen LogP contribution < -0.4 is 103 Å². The Labute approximate surface area is 165 Å². The average molecular weight is 250 g/mol. The molecule has 6 heteroatoms. The molecule has 1 aromatic carbocycles. The summed E-state index contributed by atoms with van der Waals surface area (Å²) in [7, 11) is -2.53. The summed E-state index contributed by atoms with van der Waals surface area (Å²) in [5.74, 6) is -1.26. The summed E-state index contributed by atoms with van der Waals surface area (Å²) in [6, 6.07) is 8.40. The van der Waals surface area contributed by atoms with Crippen molar-refractivity contribution in [3.8, 4) is 0 Å². The van der Waals surface area contributed by atoms with Crippen LogP contribution >= 0.6 is 8.03 Å². The summed E-state index contributed by atoms with van der Waals surface area (Å²) in [6.45, 7) is 0. The van der Waals surface area contributed by atoms with E-state index in [2.05, 4.69) is 0 Å². The Morgan fingerprint density at radius 1 is 1.23 bits per heavy atom. The standard InChI is InChI=1S/C7H7O3P.2K/c8-7(11(9)10)6-4-2-1-3-5-6;;/h1-5,7-8H;;/q;2*+1/p+2. The van der Waals surface area contributed by atoms with Gasteiger partial charge in [-0.3, -0.25) is 0 Å². The van der Waals surface area contributed by atoms with Gasteiger partial charge in [0.05, 0.1) is 0 Å². The fourth-order valence-electron chi connectivity index (χ4n) is 0.753. The van der Waals surface area contributed by atoms with Crippen molar-refractivity contribution in [2.24, 2.45) is 0 Å². The Morgan fingerprint density at radius 3 is 2.08 bits per heavy atom. The van der Waals surface area contributed by atoms with Gasteiger partial charge in [-0.25, -0.2) is 0 Å². The third-order valence-corrected chi connectivity index (χ3v) is 2.02. The third-order valence-electron chi connectivity index (χ3n) is 1.31. The normalized spacial score (nSPS) is 12.0. The molecule has 0 aromatic heterocycles. The molecule has 0 fully saturated rings. The van der Waals surface area contributed by atoms with Crippen molar-refractivity contribution in [2.45, 2.75) is 5.85 Å². The first kappa shape index (κ1) is 17.9. The molecular formula is C7H9K2O3P+4. The molecule has 58 valence electrons. The summed E-state index contributed by atoms with van der Waals surface area (Å²) in [6.07, 6.45) is 0. The second kappa shape index (κ2) is 9.72. The predicted molar refractivity (Wildman–Crippen MR) is 42.3 cm³/mol. The van der Waals surface area contributed by atoms with Gasteiger partial charge >= 0.3 is 118 Å². The van der Waals surface area contributed by atoms with Crippen LogP contribution in [0.5, 0.6) is 0 Å². The van der Waals surface area contributed by atoms with Gasteiger partial charge in [0, 0.05) is 5.56 Å². The first-order chi connectivity index (χ1) is 5.22. The summed E-state index contributed by atoms with van der Waals surface area (Å²) < 4.78 is 10.4. The monoisotopic (exact) mass is 250 g/mol. The van der Waals surface area contributed by atoms with Crippen molar-refractivity contribution in [3.05, 3.63) is 35.9 Å². The van der Waals surface area contributed by atoms with Crippen LogP contribution in [0.1, 0.15) is 12.8 Å². The molecule has 2 N–H and O–H groups in total. The number of aliphatic hydroxyl groups excluding tert-OH is 1. The molecule has 0 saturated carbocycles. The number of aliphatic hydroxyl groups is 1. The zero-order valence-electron chi connectivity index (χ0n) is 8.71. The minimum atomic E-state index is -2.53. The SMILES string of the molecule is O=[P+](O)C(O)c1ccccc1.[H+].[K+].[K+]. The van der Waals surface area contributed by atoms with E-state index in [1.807, 2.05) is 0 Å². The molecule has 0 aliphatic heterocycles. The predicted octanol–water partition coefficient (Wildman–Crippen LogP) is -4.47. The average Bonchev–Trinajstić information content (AvgIpc) is 2.05. The maximum Gasteiger partial charge on any atom is 1.00 e. The van der Waals surface area contributed by atoms with Gasteiger partial charge in [0.1, 0.15) is 0 Å². The molecule has 2 atom stereocenters. The van der Waals surface area contributed by atoms with Crippen molar-refractivity contribution < 1.29 is 119 Å². The van der Waals surface area contributed by atoms with E-state index in [1.165, 1.54) is 0 Å². The van der Waals surface area contributed by atoms with Crippen LogP contribution in [0.25, 0.3) is 0 Å². The van der Waals surface area contributed by atoms with Crippen LogP contribution in [0, 0.1) is 0 Å². The maximum atomic E-state index is 10.4. The smallest absolute Gasteiger partial charge is 0.345 e. The summed E-state index contributed by atoms with van der Waals surface area (Å²) in [4.78, 5) is 8.53.